The second-order valence-corrected chi connectivity index (χ2v) is 3.00. The van der Waals surface area contributed by atoms with Gasteiger partial charge in [-0.1, -0.05) is 0 Å². The minimum atomic E-state index is 1.19. The van der Waals surface area contributed by atoms with E-state index in [1.54, 1.807) is 0 Å². The predicted octanol–water partition coefficient (Wildman–Crippen LogP) is 1.40. The maximum Gasteiger partial charge on any atom is 0.0749 e. The zero-order valence-electron chi connectivity index (χ0n) is 6.58. The minimum absolute atomic E-state index is 1.19. The third-order valence-electron chi connectivity index (χ3n) is 2.20. The van der Waals surface area contributed by atoms with Gasteiger partial charge < -0.3 is 4.90 Å². The Morgan fingerprint density at radius 2 is 2.09 bits per heavy atom. The quantitative estimate of drug-likeness (QED) is 0.658. The number of aromatic amines is 1. The average Bonchev–Trinajstić information content (AvgIpc) is 2.58. The van der Waals surface area contributed by atoms with Gasteiger partial charge in [0.05, 0.1) is 11.9 Å². The molecule has 0 spiro atoms. The first-order valence-electron chi connectivity index (χ1n) is 4.20. The van der Waals surface area contributed by atoms with Crippen molar-refractivity contribution in [2.24, 2.45) is 0 Å². The van der Waals surface area contributed by atoms with E-state index in [1.165, 1.54) is 38.0 Å². The Bertz CT molecular complexity index is 199. The number of aromatic nitrogens is 2. The van der Waals surface area contributed by atoms with Crippen molar-refractivity contribution < 1.29 is 0 Å². The van der Waals surface area contributed by atoms with Crippen molar-refractivity contribution in [1.29, 1.82) is 0 Å². The first kappa shape index (κ1) is 6.70. The summed E-state index contributed by atoms with van der Waals surface area (Å²) in [6.07, 6.45) is 7.89. The van der Waals surface area contributed by atoms with Gasteiger partial charge in [0, 0.05) is 19.3 Å². The van der Waals surface area contributed by atoms with Gasteiger partial charge in [-0.25, -0.2) is 0 Å². The molecular formula is C8H13N3. The van der Waals surface area contributed by atoms with Crippen molar-refractivity contribution >= 4 is 5.69 Å². The largest absolute Gasteiger partial charge is 0.369 e. The summed E-state index contributed by atoms with van der Waals surface area (Å²) in [6.45, 7) is 2.39. The molecule has 11 heavy (non-hydrogen) atoms. The van der Waals surface area contributed by atoms with Gasteiger partial charge in [0.2, 0.25) is 0 Å². The molecule has 0 aromatic carbocycles. The Hall–Kier alpha value is -0.990. The van der Waals surface area contributed by atoms with Crippen LogP contribution < -0.4 is 4.90 Å². The third kappa shape index (κ3) is 1.37. The van der Waals surface area contributed by atoms with Crippen LogP contribution in [0.3, 0.4) is 0 Å². The lowest BCUT2D eigenvalue weighted by Gasteiger charge is -2.26. The summed E-state index contributed by atoms with van der Waals surface area (Å²) in [4.78, 5) is 2.38. The van der Waals surface area contributed by atoms with Crippen LogP contribution in [0.5, 0.6) is 0 Å². The van der Waals surface area contributed by atoms with Crippen LogP contribution in [0.2, 0.25) is 0 Å². The molecule has 2 rings (SSSR count). The first-order valence-corrected chi connectivity index (χ1v) is 4.20. The number of nitrogens with one attached hydrogen (secondary N) is 1. The number of anilines is 1. The van der Waals surface area contributed by atoms with E-state index in [4.69, 9.17) is 0 Å². The number of hydrogen-bond donors (Lipinski definition) is 1. The molecule has 1 aromatic heterocycles. The van der Waals surface area contributed by atoms with Crippen molar-refractivity contribution in [3.8, 4) is 0 Å². The summed E-state index contributed by atoms with van der Waals surface area (Å²) in [5.74, 6) is 0. The van der Waals surface area contributed by atoms with Crippen LogP contribution in [-0.2, 0) is 0 Å². The van der Waals surface area contributed by atoms with Crippen LogP contribution >= 0.6 is 0 Å². The number of H-pyrrole nitrogens is 1. The van der Waals surface area contributed by atoms with E-state index in [-0.39, 0.29) is 0 Å². The van der Waals surface area contributed by atoms with E-state index >= 15 is 0 Å². The zero-order chi connectivity index (χ0) is 7.52. The van der Waals surface area contributed by atoms with E-state index in [2.05, 4.69) is 15.1 Å². The van der Waals surface area contributed by atoms with Crippen LogP contribution in [0.4, 0.5) is 5.69 Å². The fraction of sp³-hybridized carbons (Fsp3) is 0.625. The average molecular weight is 151 g/mol. The van der Waals surface area contributed by atoms with Crippen LogP contribution in [0.1, 0.15) is 19.3 Å². The fourth-order valence-corrected chi connectivity index (χ4v) is 1.57. The number of hydrogen-bond acceptors (Lipinski definition) is 2. The minimum Gasteiger partial charge on any atom is -0.369 e. The van der Waals surface area contributed by atoms with Gasteiger partial charge in [0.25, 0.3) is 0 Å². The topological polar surface area (TPSA) is 31.9 Å². The van der Waals surface area contributed by atoms with Crippen molar-refractivity contribution in [1.82, 2.24) is 10.2 Å². The van der Waals surface area contributed by atoms with Crippen molar-refractivity contribution in [3.05, 3.63) is 12.4 Å². The number of piperidine rings is 1. The molecule has 0 unspecified atom stereocenters. The lowest BCUT2D eigenvalue weighted by Crippen LogP contribution is -2.28. The van der Waals surface area contributed by atoms with Crippen molar-refractivity contribution in [2.75, 3.05) is 18.0 Å². The van der Waals surface area contributed by atoms with E-state index in [1.807, 2.05) is 12.4 Å². The van der Waals surface area contributed by atoms with Crippen LogP contribution in [0, 0.1) is 0 Å². The molecule has 2 heterocycles. The molecule has 1 fully saturated rings. The summed E-state index contributed by atoms with van der Waals surface area (Å²) < 4.78 is 0. The van der Waals surface area contributed by atoms with Crippen LogP contribution in [0.15, 0.2) is 12.4 Å². The highest BCUT2D eigenvalue weighted by molar-refractivity contribution is 5.41. The normalized spacial score (nSPS) is 18.7. The second kappa shape index (κ2) is 2.95. The molecule has 1 saturated heterocycles. The summed E-state index contributed by atoms with van der Waals surface area (Å²) in [5.41, 5.74) is 1.24. The highest BCUT2D eigenvalue weighted by atomic mass is 15.2. The van der Waals surface area contributed by atoms with Crippen molar-refractivity contribution in [2.45, 2.75) is 19.3 Å². The maximum absolute atomic E-state index is 3.93. The Balaban J connectivity index is 2.04. The first-order chi connectivity index (χ1) is 5.47. The molecule has 3 nitrogen and oxygen atoms in total. The van der Waals surface area contributed by atoms with E-state index in [9.17, 15) is 0 Å². The highest BCUT2D eigenvalue weighted by Crippen LogP contribution is 2.17. The molecule has 0 amide bonds. The van der Waals surface area contributed by atoms with Gasteiger partial charge in [-0.05, 0) is 19.3 Å². The van der Waals surface area contributed by atoms with Crippen molar-refractivity contribution in [3.63, 3.8) is 0 Å². The molecule has 3 heteroatoms. The highest BCUT2D eigenvalue weighted by Gasteiger charge is 2.10. The van der Waals surface area contributed by atoms with Gasteiger partial charge in [0.15, 0.2) is 0 Å². The molecule has 1 aromatic rings. The van der Waals surface area contributed by atoms with Crippen LogP contribution in [-0.4, -0.2) is 23.3 Å². The van der Waals surface area contributed by atoms with Gasteiger partial charge in [-0.15, -0.1) is 0 Å². The van der Waals surface area contributed by atoms with E-state index in [0.29, 0.717) is 0 Å². The van der Waals surface area contributed by atoms with Gasteiger partial charge in [0.1, 0.15) is 0 Å². The van der Waals surface area contributed by atoms with Gasteiger partial charge >= 0.3 is 0 Å². The fourth-order valence-electron chi connectivity index (χ4n) is 1.57. The lowest BCUT2D eigenvalue weighted by molar-refractivity contribution is 0.578. The predicted molar refractivity (Wildman–Crippen MR) is 44.7 cm³/mol. The molecule has 0 bridgehead atoms. The summed E-state index contributed by atoms with van der Waals surface area (Å²) in [5, 5.41) is 6.77. The van der Waals surface area contributed by atoms with Gasteiger partial charge in [-0.2, -0.15) is 5.10 Å². The molecule has 0 saturated carbocycles. The molecule has 1 N–H and O–H groups in total. The summed E-state index contributed by atoms with van der Waals surface area (Å²) in [6, 6.07) is 0. The monoisotopic (exact) mass is 151 g/mol. The lowest BCUT2D eigenvalue weighted by atomic mass is 10.1. The summed E-state index contributed by atoms with van der Waals surface area (Å²) >= 11 is 0. The second-order valence-electron chi connectivity index (χ2n) is 3.00. The number of rotatable bonds is 1. The Morgan fingerprint density at radius 1 is 1.27 bits per heavy atom. The standard InChI is InChI=1S/C8H13N3/c1-2-4-11(5-3-1)8-6-9-10-7-8/h6-7H,1-5H2,(H,9,10). The van der Waals surface area contributed by atoms with E-state index < -0.39 is 0 Å². The molecule has 1 aliphatic rings. The Labute approximate surface area is 66.4 Å². The van der Waals surface area contributed by atoms with Crippen LogP contribution in [0.25, 0.3) is 0 Å². The Kier molecular flexibility index (Phi) is 1.79. The molecule has 0 aliphatic carbocycles. The molecule has 0 atom stereocenters. The zero-order valence-corrected chi connectivity index (χ0v) is 6.58. The molecular weight excluding hydrogens is 138 g/mol. The summed E-state index contributed by atoms with van der Waals surface area (Å²) in [7, 11) is 0. The SMILES string of the molecule is c1n[nH]cc1N1CCCCC1. The Morgan fingerprint density at radius 3 is 2.73 bits per heavy atom. The maximum atomic E-state index is 3.93. The molecule has 60 valence electrons. The third-order valence-corrected chi connectivity index (χ3v) is 2.20. The van der Waals surface area contributed by atoms with E-state index in [0.717, 1.165) is 0 Å². The smallest absolute Gasteiger partial charge is 0.0749 e. The van der Waals surface area contributed by atoms with Gasteiger partial charge in [-0.3, -0.25) is 5.10 Å². The molecule has 0 radical (unpaired) electrons. The molecule has 1 aliphatic heterocycles. The number of nitrogens with zero attached hydrogens (tertiary/aromatic N) is 2.